The van der Waals surface area contributed by atoms with E-state index in [1.165, 1.54) is 11.0 Å². The number of nitro benzene ring substituents is 2. The molecule has 0 saturated carbocycles. The molecule has 1 fully saturated rings. The number of benzene rings is 1. The van der Waals surface area contributed by atoms with E-state index in [1.54, 1.807) is 11.9 Å². The molecule has 0 bridgehead atoms. The van der Waals surface area contributed by atoms with E-state index in [0.29, 0.717) is 32.0 Å². The van der Waals surface area contributed by atoms with Gasteiger partial charge in [0.25, 0.3) is 11.4 Å². The second kappa shape index (κ2) is 7.20. The average molecular weight is 326 g/mol. The van der Waals surface area contributed by atoms with E-state index in [4.69, 9.17) is 9.84 Å². The van der Waals surface area contributed by atoms with Crippen LogP contribution in [0.25, 0.3) is 0 Å². The number of hydrogen-bond donors (Lipinski definition) is 1. The van der Waals surface area contributed by atoms with Crippen LogP contribution in [0.3, 0.4) is 0 Å². The molecule has 10 nitrogen and oxygen atoms in total. The van der Waals surface area contributed by atoms with Crippen molar-refractivity contribution in [3.63, 3.8) is 0 Å². The zero-order valence-corrected chi connectivity index (χ0v) is 12.7. The van der Waals surface area contributed by atoms with E-state index >= 15 is 0 Å². The highest BCUT2D eigenvalue weighted by molar-refractivity contribution is 5.78. The molecule has 0 radical (unpaired) electrons. The lowest BCUT2D eigenvalue weighted by Gasteiger charge is -2.29. The maximum Gasteiger partial charge on any atom is 0.299 e. The third-order valence-corrected chi connectivity index (χ3v) is 3.66. The quantitative estimate of drug-likeness (QED) is 0.600. The molecule has 0 atom stereocenters. The Kier molecular flexibility index (Phi) is 5.29. The van der Waals surface area contributed by atoms with E-state index in [-0.39, 0.29) is 30.2 Å². The molecule has 0 amide bonds. The molecule has 1 aromatic rings. The molecule has 23 heavy (non-hydrogen) atoms. The Morgan fingerprint density at radius 1 is 1.22 bits per heavy atom. The Morgan fingerprint density at radius 3 is 2.35 bits per heavy atom. The summed E-state index contributed by atoms with van der Waals surface area (Å²) in [6.07, 6.45) is 0. The van der Waals surface area contributed by atoms with Crippen molar-refractivity contribution < 1.29 is 19.7 Å². The molecule has 1 aliphatic heterocycles. The molecule has 126 valence electrons. The first-order valence-electron chi connectivity index (χ1n) is 7.07. The number of rotatable bonds is 6. The lowest BCUT2D eigenvalue weighted by molar-refractivity contribution is -0.393. The summed E-state index contributed by atoms with van der Waals surface area (Å²) in [4.78, 5) is 24.6. The number of anilines is 2. The molecule has 0 spiro atoms. The average Bonchev–Trinajstić information content (AvgIpc) is 2.54. The van der Waals surface area contributed by atoms with E-state index in [0.717, 1.165) is 6.07 Å². The molecule has 1 N–H and O–H groups in total. The van der Waals surface area contributed by atoms with Crippen LogP contribution in [0.2, 0.25) is 0 Å². The standard InChI is InChI=1S/C13H18N4O6/c1-14(2-5-18)10-8-11(15-3-6-23-7-4-15)13(17(21)22)9-12(10)16(19)20/h8-9,18H,2-7H2,1H3. The number of morpholine rings is 1. The van der Waals surface area contributed by atoms with Crippen LogP contribution in [-0.4, -0.2) is 61.5 Å². The Hall–Kier alpha value is -2.46. The topological polar surface area (TPSA) is 122 Å². The monoisotopic (exact) mass is 326 g/mol. The van der Waals surface area contributed by atoms with Crippen LogP contribution in [0.4, 0.5) is 22.7 Å². The van der Waals surface area contributed by atoms with Gasteiger partial charge in [0.1, 0.15) is 11.4 Å². The molecular formula is C13H18N4O6. The van der Waals surface area contributed by atoms with Gasteiger partial charge < -0.3 is 19.6 Å². The third kappa shape index (κ3) is 3.66. The summed E-state index contributed by atoms with van der Waals surface area (Å²) in [6, 6.07) is 2.42. The van der Waals surface area contributed by atoms with Gasteiger partial charge >= 0.3 is 0 Å². The van der Waals surface area contributed by atoms with Crippen LogP contribution in [0.15, 0.2) is 12.1 Å². The minimum Gasteiger partial charge on any atom is -0.395 e. The largest absolute Gasteiger partial charge is 0.395 e. The summed E-state index contributed by atoms with van der Waals surface area (Å²) in [5.41, 5.74) is -0.107. The Balaban J connectivity index is 2.56. The molecule has 1 heterocycles. The minimum absolute atomic E-state index is 0.182. The van der Waals surface area contributed by atoms with Crippen molar-refractivity contribution in [3.8, 4) is 0 Å². The fourth-order valence-corrected chi connectivity index (χ4v) is 2.48. The van der Waals surface area contributed by atoms with Gasteiger partial charge in [0, 0.05) is 26.7 Å². The van der Waals surface area contributed by atoms with Gasteiger partial charge in [-0.25, -0.2) is 0 Å². The number of ether oxygens (including phenoxy) is 1. The van der Waals surface area contributed by atoms with Crippen molar-refractivity contribution in [2.45, 2.75) is 0 Å². The Labute approximate surface area is 132 Å². The first kappa shape index (κ1) is 16.9. The van der Waals surface area contributed by atoms with E-state index in [9.17, 15) is 20.2 Å². The number of likely N-dealkylation sites (N-methyl/N-ethyl adjacent to an activating group) is 1. The van der Waals surface area contributed by atoms with Gasteiger partial charge in [0.05, 0.1) is 35.7 Å². The second-order valence-electron chi connectivity index (χ2n) is 5.09. The molecule has 0 unspecified atom stereocenters. The van der Waals surface area contributed by atoms with Crippen molar-refractivity contribution in [2.24, 2.45) is 0 Å². The highest BCUT2D eigenvalue weighted by Gasteiger charge is 2.29. The maximum atomic E-state index is 11.3. The van der Waals surface area contributed by atoms with E-state index in [1.807, 2.05) is 0 Å². The lowest BCUT2D eigenvalue weighted by Crippen LogP contribution is -2.36. The van der Waals surface area contributed by atoms with Crippen molar-refractivity contribution in [2.75, 3.05) is 56.3 Å². The van der Waals surface area contributed by atoms with Gasteiger partial charge in [0.15, 0.2) is 0 Å². The summed E-state index contributed by atoms with van der Waals surface area (Å²) in [7, 11) is 1.59. The number of aliphatic hydroxyl groups excluding tert-OH is 1. The zero-order chi connectivity index (χ0) is 17.0. The van der Waals surface area contributed by atoms with Gasteiger partial charge in [-0.2, -0.15) is 0 Å². The highest BCUT2D eigenvalue weighted by Crippen LogP contribution is 2.39. The second-order valence-corrected chi connectivity index (χ2v) is 5.09. The van der Waals surface area contributed by atoms with Crippen LogP contribution in [0.5, 0.6) is 0 Å². The summed E-state index contributed by atoms with van der Waals surface area (Å²) >= 11 is 0. The van der Waals surface area contributed by atoms with E-state index in [2.05, 4.69) is 0 Å². The normalized spacial score (nSPS) is 14.6. The SMILES string of the molecule is CN(CCO)c1cc(N2CCOCC2)c([N+](=O)[O-])cc1[N+](=O)[O-]. The van der Waals surface area contributed by atoms with Crippen LogP contribution < -0.4 is 9.80 Å². The first-order chi connectivity index (χ1) is 11.0. The number of nitrogens with zero attached hydrogens (tertiary/aromatic N) is 4. The molecule has 1 aliphatic rings. The van der Waals surface area contributed by atoms with Crippen LogP contribution >= 0.6 is 0 Å². The van der Waals surface area contributed by atoms with Crippen molar-refractivity contribution >= 4 is 22.7 Å². The van der Waals surface area contributed by atoms with Crippen molar-refractivity contribution in [1.29, 1.82) is 0 Å². The smallest absolute Gasteiger partial charge is 0.299 e. The minimum atomic E-state index is -0.653. The number of nitro groups is 2. The van der Waals surface area contributed by atoms with Gasteiger partial charge in [0.2, 0.25) is 0 Å². The molecule has 10 heteroatoms. The third-order valence-electron chi connectivity index (χ3n) is 3.66. The summed E-state index contributed by atoms with van der Waals surface area (Å²) in [6.45, 7) is 1.83. The van der Waals surface area contributed by atoms with Gasteiger partial charge in [-0.3, -0.25) is 20.2 Å². The first-order valence-corrected chi connectivity index (χ1v) is 7.07. The maximum absolute atomic E-state index is 11.3. The van der Waals surface area contributed by atoms with Crippen molar-refractivity contribution in [3.05, 3.63) is 32.4 Å². The molecule has 1 aromatic carbocycles. The molecule has 1 saturated heterocycles. The van der Waals surface area contributed by atoms with Crippen molar-refractivity contribution in [1.82, 2.24) is 0 Å². The predicted octanol–water partition coefficient (Wildman–Crippen LogP) is 0.768. The summed E-state index contributed by atoms with van der Waals surface area (Å²) in [5.74, 6) is 0. The van der Waals surface area contributed by atoms with Crippen LogP contribution in [-0.2, 0) is 4.74 Å². The fourth-order valence-electron chi connectivity index (χ4n) is 2.48. The zero-order valence-electron chi connectivity index (χ0n) is 12.7. The molecular weight excluding hydrogens is 308 g/mol. The summed E-state index contributed by atoms with van der Waals surface area (Å²) in [5, 5.41) is 31.6. The predicted molar refractivity (Wildman–Crippen MR) is 83.1 cm³/mol. The highest BCUT2D eigenvalue weighted by atomic mass is 16.6. The molecule has 0 aliphatic carbocycles. The van der Waals surface area contributed by atoms with Gasteiger partial charge in [-0.15, -0.1) is 0 Å². The lowest BCUT2D eigenvalue weighted by atomic mass is 10.1. The fraction of sp³-hybridized carbons (Fsp3) is 0.538. The molecule has 0 aromatic heterocycles. The Bertz CT molecular complexity index is 602. The molecule has 2 rings (SSSR count). The van der Waals surface area contributed by atoms with E-state index < -0.39 is 9.85 Å². The number of hydrogen-bond acceptors (Lipinski definition) is 8. The summed E-state index contributed by atoms with van der Waals surface area (Å²) < 4.78 is 5.24. The van der Waals surface area contributed by atoms with Gasteiger partial charge in [-0.05, 0) is 6.07 Å². The van der Waals surface area contributed by atoms with Gasteiger partial charge in [-0.1, -0.05) is 0 Å². The van der Waals surface area contributed by atoms with Crippen LogP contribution in [0.1, 0.15) is 0 Å². The number of aliphatic hydroxyl groups is 1. The van der Waals surface area contributed by atoms with Crippen LogP contribution in [0, 0.1) is 20.2 Å². The Morgan fingerprint density at radius 2 is 1.83 bits per heavy atom.